The van der Waals surface area contributed by atoms with E-state index in [0.717, 1.165) is 36.0 Å². The third kappa shape index (κ3) is 2.62. The van der Waals surface area contributed by atoms with Crippen LogP contribution in [0.25, 0.3) is 5.52 Å². The zero-order valence-electron chi connectivity index (χ0n) is 12.3. The van der Waals surface area contributed by atoms with Crippen LogP contribution in [0, 0.1) is 0 Å². The zero-order valence-corrected chi connectivity index (χ0v) is 12.3. The number of rotatable bonds is 5. The second kappa shape index (κ2) is 5.96. The van der Waals surface area contributed by atoms with Crippen LogP contribution in [0.4, 0.5) is 0 Å². The number of benzene rings is 1. The summed E-state index contributed by atoms with van der Waals surface area (Å²) < 4.78 is 2.01. The van der Waals surface area contributed by atoms with Crippen LogP contribution < -0.4 is 0 Å². The van der Waals surface area contributed by atoms with Gasteiger partial charge >= 0.3 is 0 Å². The van der Waals surface area contributed by atoms with Gasteiger partial charge in [0.05, 0.1) is 5.69 Å². The smallest absolute Gasteiger partial charge is 0.209 e. The average Bonchev–Trinajstić information content (AvgIpc) is 2.92. The Morgan fingerprint density at radius 1 is 1.05 bits per heavy atom. The SMILES string of the molecule is CCCCc1cc(C(=O)c2ccccc2)n2ccccc12. The lowest BCUT2D eigenvalue weighted by molar-refractivity contribution is 0.103. The van der Waals surface area contributed by atoms with Gasteiger partial charge in [-0.05, 0) is 36.6 Å². The molecule has 3 aromatic rings. The molecule has 0 saturated heterocycles. The number of ketones is 1. The van der Waals surface area contributed by atoms with Crippen molar-refractivity contribution in [1.82, 2.24) is 4.40 Å². The largest absolute Gasteiger partial charge is 0.313 e. The molecule has 0 aliphatic rings. The van der Waals surface area contributed by atoms with E-state index in [4.69, 9.17) is 0 Å². The Balaban J connectivity index is 2.08. The Labute approximate surface area is 125 Å². The Hall–Kier alpha value is -2.35. The summed E-state index contributed by atoms with van der Waals surface area (Å²) in [5, 5.41) is 0. The Morgan fingerprint density at radius 3 is 2.57 bits per heavy atom. The molecule has 0 unspecified atom stereocenters. The maximum atomic E-state index is 12.7. The fourth-order valence-electron chi connectivity index (χ4n) is 2.70. The Kier molecular flexibility index (Phi) is 3.87. The van der Waals surface area contributed by atoms with Crippen molar-refractivity contribution < 1.29 is 4.79 Å². The van der Waals surface area contributed by atoms with Crippen LogP contribution in [-0.4, -0.2) is 10.2 Å². The first-order chi connectivity index (χ1) is 10.3. The van der Waals surface area contributed by atoms with Gasteiger partial charge in [0.25, 0.3) is 0 Å². The van der Waals surface area contributed by atoms with E-state index in [1.54, 1.807) is 0 Å². The highest BCUT2D eigenvalue weighted by Gasteiger charge is 2.16. The Morgan fingerprint density at radius 2 is 1.81 bits per heavy atom. The molecule has 1 aromatic carbocycles. The molecule has 2 aromatic heterocycles. The molecule has 0 atom stereocenters. The molecule has 0 fully saturated rings. The van der Waals surface area contributed by atoms with Crippen molar-refractivity contribution >= 4 is 11.3 Å². The van der Waals surface area contributed by atoms with Crippen LogP contribution >= 0.6 is 0 Å². The number of carbonyl (C=O) groups is 1. The molecule has 2 heterocycles. The van der Waals surface area contributed by atoms with Gasteiger partial charge in [0.15, 0.2) is 0 Å². The van der Waals surface area contributed by atoms with Crippen LogP contribution in [0.2, 0.25) is 0 Å². The highest BCUT2D eigenvalue weighted by Crippen LogP contribution is 2.21. The van der Waals surface area contributed by atoms with Crippen LogP contribution in [0.5, 0.6) is 0 Å². The fraction of sp³-hybridized carbons (Fsp3) is 0.211. The minimum absolute atomic E-state index is 0.0829. The number of aryl methyl sites for hydroxylation is 1. The molecule has 0 saturated carbocycles. The molecular weight excluding hydrogens is 258 g/mol. The van der Waals surface area contributed by atoms with E-state index < -0.39 is 0 Å². The number of fused-ring (bicyclic) bond motifs is 1. The standard InChI is InChI=1S/C19H19NO/c1-2-3-9-16-14-18(20-13-8-7-12-17(16)20)19(21)15-10-5-4-6-11-15/h4-8,10-14H,2-3,9H2,1H3. The molecular formula is C19H19NO. The van der Waals surface area contributed by atoms with Crippen LogP contribution in [0.1, 0.15) is 41.4 Å². The molecule has 0 aliphatic heterocycles. The highest BCUT2D eigenvalue weighted by atomic mass is 16.1. The molecule has 3 rings (SSSR count). The first-order valence-corrected chi connectivity index (χ1v) is 7.50. The van der Waals surface area contributed by atoms with E-state index in [0.29, 0.717) is 0 Å². The molecule has 0 N–H and O–H groups in total. The summed E-state index contributed by atoms with van der Waals surface area (Å²) in [6.07, 6.45) is 5.30. The predicted molar refractivity (Wildman–Crippen MR) is 85.9 cm³/mol. The normalized spacial score (nSPS) is 10.9. The lowest BCUT2D eigenvalue weighted by Gasteiger charge is -2.02. The van der Waals surface area contributed by atoms with Gasteiger partial charge in [0, 0.05) is 17.3 Å². The van der Waals surface area contributed by atoms with E-state index in [1.807, 2.05) is 53.1 Å². The summed E-state index contributed by atoms with van der Waals surface area (Å²) in [5.74, 6) is 0.0829. The average molecular weight is 277 g/mol. The first kappa shape index (κ1) is 13.6. The summed E-state index contributed by atoms with van der Waals surface area (Å²) in [5.41, 5.74) is 3.90. The summed E-state index contributed by atoms with van der Waals surface area (Å²) >= 11 is 0. The lowest BCUT2D eigenvalue weighted by Crippen LogP contribution is -2.04. The van der Waals surface area contributed by atoms with Crippen molar-refractivity contribution in [1.29, 1.82) is 0 Å². The monoisotopic (exact) mass is 277 g/mol. The van der Waals surface area contributed by atoms with Crippen molar-refractivity contribution in [3.05, 3.63) is 77.6 Å². The summed E-state index contributed by atoms with van der Waals surface area (Å²) in [4.78, 5) is 12.7. The van der Waals surface area contributed by atoms with Crippen molar-refractivity contribution in [3.63, 3.8) is 0 Å². The third-order valence-electron chi connectivity index (χ3n) is 3.83. The number of aromatic nitrogens is 1. The number of pyridine rings is 1. The van der Waals surface area contributed by atoms with E-state index in [9.17, 15) is 4.79 Å². The number of carbonyl (C=O) groups excluding carboxylic acids is 1. The van der Waals surface area contributed by atoms with Gasteiger partial charge in [-0.2, -0.15) is 0 Å². The van der Waals surface area contributed by atoms with Crippen molar-refractivity contribution in [2.75, 3.05) is 0 Å². The Bertz CT molecular complexity index is 756. The molecule has 0 bridgehead atoms. The van der Waals surface area contributed by atoms with E-state index in [-0.39, 0.29) is 5.78 Å². The van der Waals surface area contributed by atoms with E-state index >= 15 is 0 Å². The maximum absolute atomic E-state index is 12.7. The lowest BCUT2D eigenvalue weighted by atomic mass is 10.1. The van der Waals surface area contributed by atoms with Gasteiger partial charge in [-0.15, -0.1) is 0 Å². The van der Waals surface area contributed by atoms with Crippen LogP contribution in [0.15, 0.2) is 60.8 Å². The van der Waals surface area contributed by atoms with Gasteiger partial charge < -0.3 is 4.40 Å². The number of nitrogens with zero attached hydrogens (tertiary/aromatic N) is 1. The molecule has 2 heteroatoms. The molecule has 0 spiro atoms. The topological polar surface area (TPSA) is 21.5 Å². The number of hydrogen-bond donors (Lipinski definition) is 0. The van der Waals surface area contributed by atoms with Gasteiger partial charge in [-0.25, -0.2) is 0 Å². The molecule has 0 radical (unpaired) electrons. The fourth-order valence-corrected chi connectivity index (χ4v) is 2.70. The van der Waals surface area contributed by atoms with E-state index in [1.165, 1.54) is 5.56 Å². The molecule has 21 heavy (non-hydrogen) atoms. The number of unbranched alkanes of at least 4 members (excludes halogenated alkanes) is 1. The molecule has 0 amide bonds. The van der Waals surface area contributed by atoms with Crippen molar-refractivity contribution in [3.8, 4) is 0 Å². The number of hydrogen-bond acceptors (Lipinski definition) is 1. The van der Waals surface area contributed by atoms with E-state index in [2.05, 4.69) is 19.1 Å². The van der Waals surface area contributed by atoms with Gasteiger partial charge in [-0.1, -0.05) is 49.7 Å². The second-order valence-electron chi connectivity index (χ2n) is 5.31. The highest BCUT2D eigenvalue weighted by molar-refractivity contribution is 6.08. The molecule has 106 valence electrons. The van der Waals surface area contributed by atoms with Gasteiger partial charge in [0.1, 0.15) is 0 Å². The second-order valence-corrected chi connectivity index (χ2v) is 5.31. The quantitative estimate of drug-likeness (QED) is 0.629. The summed E-state index contributed by atoms with van der Waals surface area (Å²) in [6, 6.07) is 17.6. The van der Waals surface area contributed by atoms with Gasteiger partial charge in [0.2, 0.25) is 5.78 Å². The minimum atomic E-state index is 0.0829. The third-order valence-corrected chi connectivity index (χ3v) is 3.83. The minimum Gasteiger partial charge on any atom is -0.313 e. The maximum Gasteiger partial charge on any atom is 0.209 e. The van der Waals surface area contributed by atoms with Crippen LogP contribution in [0.3, 0.4) is 0 Å². The van der Waals surface area contributed by atoms with Crippen molar-refractivity contribution in [2.45, 2.75) is 26.2 Å². The zero-order chi connectivity index (χ0) is 14.7. The predicted octanol–water partition coefficient (Wildman–Crippen LogP) is 4.51. The molecule has 2 nitrogen and oxygen atoms in total. The summed E-state index contributed by atoms with van der Waals surface area (Å²) in [7, 11) is 0. The molecule has 0 aliphatic carbocycles. The van der Waals surface area contributed by atoms with Crippen LogP contribution in [-0.2, 0) is 6.42 Å². The summed E-state index contributed by atoms with van der Waals surface area (Å²) in [6.45, 7) is 2.19. The first-order valence-electron chi connectivity index (χ1n) is 7.50. The van der Waals surface area contributed by atoms with Gasteiger partial charge in [-0.3, -0.25) is 4.79 Å². The van der Waals surface area contributed by atoms with Crippen molar-refractivity contribution in [2.24, 2.45) is 0 Å².